The predicted molar refractivity (Wildman–Crippen MR) is 74.3 cm³/mol. The standard InChI is InChI=1S/C15H18O4S/c1-10-6-7-15(8-10,14(16)17)12-9-20(18,19)13-5-3-2-4-11(12)13/h2-5,10,12H,6-9H2,1H3,(H,16,17). The molecule has 0 bridgehead atoms. The highest BCUT2D eigenvalue weighted by molar-refractivity contribution is 7.91. The maximum absolute atomic E-state index is 12.3. The zero-order chi connectivity index (χ0) is 14.5. The molecule has 20 heavy (non-hydrogen) atoms. The number of rotatable bonds is 2. The van der Waals surface area contributed by atoms with Gasteiger partial charge in [-0.25, -0.2) is 8.42 Å². The monoisotopic (exact) mass is 294 g/mol. The molecule has 0 amide bonds. The number of aliphatic carboxylic acids is 1. The molecule has 1 aliphatic carbocycles. The van der Waals surface area contributed by atoms with Crippen molar-refractivity contribution < 1.29 is 18.3 Å². The van der Waals surface area contributed by atoms with Gasteiger partial charge in [0.05, 0.1) is 16.1 Å². The minimum absolute atomic E-state index is 0.0641. The van der Waals surface area contributed by atoms with Crippen molar-refractivity contribution in [2.75, 3.05) is 5.75 Å². The summed E-state index contributed by atoms with van der Waals surface area (Å²) in [6, 6.07) is 6.86. The van der Waals surface area contributed by atoms with Crippen LogP contribution in [0.4, 0.5) is 0 Å². The largest absolute Gasteiger partial charge is 0.481 e. The quantitative estimate of drug-likeness (QED) is 0.909. The van der Waals surface area contributed by atoms with Gasteiger partial charge in [-0.15, -0.1) is 0 Å². The average Bonchev–Trinajstić information content (AvgIpc) is 2.90. The average molecular weight is 294 g/mol. The minimum atomic E-state index is -3.34. The van der Waals surface area contributed by atoms with Crippen LogP contribution in [0, 0.1) is 11.3 Å². The van der Waals surface area contributed by atoms with Gasteiger partial charge in [-0.2, -0.15) is 0 Å². The van der Waals surface area contributed by atoms with Gasteiger partial charge >= 0.3 is 5.97 Å². The summed E-state index contributed by atoms with van der Waals surface area (Å²) in [6.07, 6.45) is 1.99. The van der Waals surface area contributed by atoms with Crippen LogP contribution in [0.15, 0.2) is 29.2 Å². The highest BCUT2D eigenvalue weighted by Gasteiger charge is 2.55. The first kappa shape index (κ1) is 13.6. The lowest BCUT2D eigenvalue weighted by Crippen LogP contribution is -2.36. The topological polar surface area (TPSA) is 71.4 Å². The van der Waals surface area contributed by atoms with Crippen molar-refractivity contribution in [1.29, 1.82) is 0 Å². The number of hydrogen-bond donors (Lipinski definition) is 1. The Morgan fingerprint density at radius 3 is 2.65 bits per heavy atom. The van der Waals surface area contributed by atoms with Crippen molar-refractivity contribution in [2.45, 2.75) is 37.0 Å². The molecular weight excluding hydrogens is 276 g/mol. The number of fused-ring (bicyclic) bond motifs is 1. The number of hydrogen-bond acceptors (Lipinski definition) is 3. The first-order valence-electron chi connectivity index (χ1n) is 6.92. The van der Waals surface area contributed by atoms with Crippen LogP contribution in [0.1, 0.15) is 37.7 Å². The summed E-state index contributed by atoms with van der Waals surface area (Å²) in [7, 11) is -3.34. The zero-order valence-corrected chi connectivity index (χ0v) is 12.2. The van der Waals surface area contributed by atoms with Crippen LogP contribution in [0.2, 0.25) is 0 Å². The second-order valence-corrected chi connectivity index (χ2v) is 8.18. The van der Waals surface area contributed by atoms with Gasteiger partial charge in [-0.05, 0) is 36.8 Å². The molecule has 0 aromatic heterocycles. The fourth-order valence-electron chi connectivity index (χ4n) is 3.90. The normalized spacial score (nSPS) is 34.9. The molecule has 1 aliphatic heterocycles. The molecular formula is C15H18O4S. The van der Waals surface area contributed by atoms with Gasteiger partial charge in [0.15, 0.2) is 9.84 Å². The van der Waals surface area contributed by atoms with Gasteiger partial charge in [0, 0.05) is 5.92 Å². The smallest absolute Gasteiger partial charge is 0.310 e. The van der Waals surface area contributed by atoms with Gasteiger partial charge in [0.2, 0.25) is 0 Å². The summed E-state index contributed by atoms with van der Waals surface area (Å²) >= 11 is 0. The van der Waals surface area contributed by atoms with Gasteiger partial charge in [-0.1, -0.05) is 25.1 Å². The lowest BCUT2D eigenvalue weighted by atomic mass is 9.71. The molecule has 3 unspecified atom stereocenters. The Morgan fingerprint density at radius 2 is 2.05 bits per heavy atom. The van der Waals surface area contributed by atoms with Gasteiger partial charge in [-0.3, -0.25) is 4.79 Å². The van der Waals surface area contributed by atoms with Crippen LogP contribution in [0.3, 0.4) is 0 Å². The van der Waals surface area contributed by atoms with E-state index in [-0.39, 0.29) is 5.75 Å². The highest BCUT2D eigenvalue weighted by Crippen LogP contribution is 2.55. The minimum Gasteiger partial charge on any atom is -0.481 e. The third-order valence-corrected chi connectivity index (χ3v) is 6.72. The van der Waals surface area contributed by atoms with Crippen molar-refractivity contribution in [2.24, 2.45) is 11.3 Å². The third kappa shape index (κ3) is 1.79. The summed E-state index contributed by atoms with van der Waals surface area (Å²) in [5, 5.41) is 9.74. The van der Waals surface area contributed by atoms with E-state index >= 15 is 0 Å². The fraction of sp³-hybridized carbons (Fsp3) is 0.533. The Balaban J connectivity index is 2.14. The van der Waals surface area contributed by atoms with Crippen molar-refractivity contribution in [3.63, 3.8) is 0 Å². The molecule has 0 spiro atoms. The third-order valence-electron chi connectivity index (χ3n) is 4.90. The predicted octanol–water partition coefficient (Wildman–Crippen LogP) is 2.45. The van der Waals surface area contributed by atoms with E-state index in [9.17, 15) is 18.3 Å². The molecule has 0 saturated heterocycles. The SMILES string of the molecule is CC1CCC(C(=O)O)(C2CS(=O)(=O)c3ccccc32)C1. The van der Waals surface area contributed by atoms with Crippen molar-refractivity contribution >= 4 is 15.8 Å². The molecule has 1 aromatic rings. The molecule has 2 aliphatic rings. The zero-order valence-electron chi connectivity index (χ0n) is 11.4. The number of benzene rings is 1. The Bertz CT molecular complexity index is 664. The number of sulfone groups is 1. The molecule has 1 fully saturated rings. The summed E-state index contributed by atoms with van der Waals surface area (Å²) in [4.78, 5) is 12.2. The molecule has 0 radical (unpaired) electrons. The Kier molecular flexibility index (Phi) is 2.94. The van der Waals surface area contributed by atoms with E-state index in [0.29, 0.717) is 29.2 Å². The Labute approximate surface area is 118 Å². The van der Waals surface area contributed by atoms with E-state index in [1.807, 2.05) is 6.92 Å². The van der Waals surface area contributed by atoms with Gasteiger partial charge in [0.25, 0.3) is 0 Å². The second-order valence-electron chi connectivity index (χ2n) is 6.18. The van der Waals surface area contributed by atoms with Crippen LogP contribution >= 0.6 is 0 Å². The van der Waals surface area contributed by atoms with E-state index < -0.39 is 27.1 Å². The van der Waals surface area contributed by atoms with Crippen LogP contribution in [0.25, 0.3) is 0 Å². The molecule has 3 rings (SSSR count). The number of carbonyl (C=O) groups is 1. The van der Waals surface area contributed by atoms with Gasteiger partial charge in [0.1, 0.15) is 0 Å². The van der Waals surface area contributed by atoms with Crippen LogP contribution < -0.4 is 0 Å². The van der Waals surface area contributed by atoms with Crippen LogP contribution in [-0.4, -0.2) is 25.2 Å². The van der Waals surface area contributed by atoms with Crippen molar-refractivity contribution in [3.8, 4) is 0 Å². The fourth-order valence-corrected chi connectivity index (χ4v) is 5.87. The maximum Gasteiger partial charge on any atom is 0.310 e. The van der Waals surface area contributed by atoms with Crippen molar-refractivity contribution in [3.05, 3.63) is 29.8 Å². The van der Waals surface area contributed by atoms with E-state index in [4.69, 9.17) is 0 Å². The number of carboxylic acids is 1. The lowest BCUT2D eigenvalue weighted by Gasteiger charge is -2.31. The number of carboxylic acid groups (broad SMARTS) is 1. The lowest BCUT2D eigenvalue weighted by molar-refractivity contribution is -0.150. The summed E-state index contributed by atoms with van der Waals surface area (Å²) in [5.41, 5.74) is -0.219. The molecule has 1 heterocycles. The maximum atomic E-state index is 12.3. The summed E-state index contributed by atoms with van der Waals surface area (Å²) in [5.74, 6) is -0.989. The second kappa shape index (κ2) is 4.32. The molecule has 1 saturated carbocycles. The van der Waals surface area contributed by atoms with Crippen LogP contribution in [0.5, 0.6) is 0 Å². The molecule has 1 aromatic carbocycles. The van der Waals surface area contributed by atoms with E-state index in [1.165, 1.54) is 0 Å². The Hall–Kier alpha value is -1.36. The molecule has 3 atom stereocenters. The first-order valence-corrected chi connectivity index (χ1v) is 8.57. The van der Waals surface area contributed by atoms with E-state index in [1.54, 1.807) is 24.3 Å². The molecule has 108 valence electrons. The molecule has 1 N–H and O–H groups in total. The van der Waals surface area contributed by atoms with Gasteiger partial charge < -0.3 is 5.11 Å². The highest BCUT2D eigenvalue weighted by atomic mass is 32.2. The summed E-state index contributed by atoms with van der Waals surface area (Å²) in [6.45, 7) is 2.04. The first-order chi connectivity index (χ1) is 9.37. The summed E-state index contributed by atoms with van der Waals surface area (Å²) < 4.78 is 24.5. The van der Waals surface area contributed by atoms with E-state index in [0.717, 1.165) is 6.42 Å². The van der Waals surface area contributed by atoms with Crippen LogP contribution in [-0.2, 0) is 14.6 Å². The Morgan fingerprint density at radius 1 is 1.35 bits per heavy atom. The molecule has 5 heteroatoms. The van der Waals surface area contributed by atoms with E-state index in [2.05, 4.69) is 0 Å². The van der Waals surface area contributed by atoms with Crippen molar-refractivity contribution in [1.82, 2.24) is 0 Å². The molecule has 4 nitrogen and oxygen atoms in total.